The van der Waals surface area contributed by atoms with E-state index in [2.05, 4.69) is 21.9 Å². The number of nitrogens with one attached hydrogen (secondary N) is 2. The summed E-state index contributed by atoms with van der Waals surface area (Å²) in [4.78, 5) is 5.11. The molecular weight excluding hydrogens is 310 g/mol. The van der Waals surface area contributed by atoms with Crippen LogP contribution in [-0.4, -0.2) is 19.9 Å². The number of aromatic nitrogens is 1. The number of thiazole rings is 1. The Kier molecular flexibility index (Phi) is 5.02. The molecule has 0 aliphatic rings. The predicted octanol–water partition coefficient (Wildman–Crippen LogP) is 2.65. The van der Waals surface area contributed by atoms with E-state index < -0.39 is 10.0 Å². The maximum atomic E-state index is 12.4. The van der Waals surface area contributed by atoms with Crippen LogP contribution in [0.2, 0.25) is 0 Å². The summed E-state index contributed by atoms with van der Waals surface area (Å²) in [5, 5.41) is 3.54. The summed E-state index contributed by atoms with van der Waals surface area (Å²) in [6.45, 7) is 6.95. The number of furan rings is 1. The SMILES string of the molecule is CCCNCc1cc(S(=O)(=O)Nc2ncc(C)s2)c(C)o1. The number of rotatable bonds is 7. The van der Waals surface area contributed by atoms with Gasteiger partial charge in [0.1, 0.15) is 16.4 Å². The zero-order chi connectivity index (χ0) is 15.5. The number of aryl methyl sites for hydroxylation is 2. The Morgan fingerprint density at radius 3 is 2.76 bits per heavy atom. The van der Waals surface area contributed by atoms with E-state index in [1.807, 2.05) is 6.92 Å². The highest BCUT2D eigenvalue weighted by molar-refractivity contribution is 7.93. The maximum absolute atomic E-state index is 12.4. The Hall–Kier alpha value is -1.38. The van der Waals surface area contributed by atoms with Crippen molar-refractivity contribution in [3.8, 4) is 0 Å². The molecule has 0 saturated carbocycles. The fraction of sp³-hybridized carbons (Fsp3) is 0.462. The molecule has 116 valence electrons. The Morgan fingerprint density at radius 1 is 1.38 bits per heavy atom. The van der Waals surface area contributed by atoms with Crippen molar-refractivity contribution in [2.24, 2.45) is 0 Å². The number of hydrogen-bond acceptors (Lipinski definition) is 6. The van der Waals surface area contributed by atoms with E-state index in [0.29, 0.717) is 23.2 Å². The van der Waals surface area contributed by atoms with Gasteiger partial charge in [0.2, 0.25) is 0 Å². The zero-order valence-corrected chi connectivity index (χ0v) is 13.9. The first kappa shape index (κ1) is 16.0. The molecule has 6 nitrogen and oxygen atoms in total. The standard InChI is InChI=1S/C13H19N3O3S2/c1-4-5-14-8-11-6-12(10(3)19-11)21(17,18)16-13-15-7-9(2)20-13/h6-7,14H,4-5,8H2,1-3H3,(H,15,16). The third-order valence-corrected chi connectivity index (χ3v) is 5.19. The molecule has 0 spiro atoms. The Bertz CT molecular complexity index is 704. The van der Waals surface area contributed by atoms with Gasteiger partial charge in [0, 0.05) is 17.1 Å². The largest absolute Gasteiger partial charge is 0.464 e. The fourth-order valence-electron chi connectivity index (χ4n) is 1.84. The molecule has 2 aromatic heterocycles. The monoisotopic (exact) mass is 329 g/mol. The molecule has 2 rings (SSSR count). The van der Waals surface area contributed by atoms with Crippen LogP contribution in [0.25, 0.3) is 0 Å². The van der Waals surface area contributed by atoms with Gasteiger partial charge in [-0.05, 0) is 26.8 Å². The third kappa shape index (κ3) is 4.05. The number of nitrogens with zero attached hydrogens (tertiary/aromatic N) is 1. The van der Waals surface area contributed by atoms with Crippen molar-refractivity contribution in [3.63, 3.8) is 0 Å². The van der Waals surface area contributed by atoms with E-state index in [9.17, 15) is 8.42 Å². The summed E-state index contributed by atoms with van der Waals surface area (Å²) in [6.07, 6.45) is 2.64. The molecular formula is C13H19N3O3S2. The normalized spacial score (nSPS) is 11.8. The average molecular weight is 329 g/mol. The molecule has 0 bridgehead atoms. The Labute approximate surface area is 128 Å². The lowest BCUT2D eigenvalue weighted by molar-refractivity contribution is 0.457. The molecule has 0 atom stereocenters. The smallest absolute Gasteiger partial charge is 0.267 e. The van der Waals surface area contributed by atoms with E-state index >= 15 is 0 Å². The van der Waals surface area contributed by atoms with Crippen molar-refractivity contribution in [2.45, 2.75) is 38.6 Å². The minimum Gasteiger partial charge on any atom is -0.464 e. The highest BCUT2D eigenvalue weighted by atomic mass is 32.2. The summed E-state index contributed by atoms with van der Waals surface area (Å²) in [5.74, 6) is 0.987. The van der Waals surface area contributed by atoms with E-state index in [1.54, 1.807) is 19.2 Å². The number of hydrogen-bond donors (Lipinski definition) is 2. The van der Waals surface area contributed by atoms with Crippen LogP contribution in [0.5, 0.6) is 0 Å². The molecule has 21 heavy (non-hydrogen) atoms. The van der Waals surface area contributed by atoms with Crippen LogP contribution >= 0.6 is 11.3 Å². The lowest BCUT2D eigenvalue weighted by atomic mass is 10.4. The summed E-state index contributed by atoms with van der Waals surface area (Å²) in [7, 11) is -3.66. The van der Waals surface area contributed by atoms with Crippen LogP contribution in [0, 0.1) is 13.8 Å². The van der Waals surface area contributed by atoms with Crippen LogP contribution in [0.3, 0.4) is 0 Å². The van der Waals surface area contributed by atoms with Gasteiger partial charge in [-0.15, -0.1) is 11.3 Å². The topological polar surface area (TPSA) is 84.2 Å². The second kappa shape index (κ2) is 6.59. The average Bonchev–Trinajstić information content (AvgIpc) is 2.96. The summed E-state index contributed by atoms with van der Waals surface area (Å²) in [5.41, 5.74) is 0. The van der Waals surface area contributed by atoms with Crippen LogP contribution in [0.1, 0.15) is 29.7 Å². The second-order valence-electron chi connectivity index (χ2n) is 4.69. The molecule has 0 amide bonds. The van der Waals surface area contributed by atoms with Crippen molar-refractivity contribution in [3.05, 3.63) is 28.7 Å². The molecule has 0 unspecified atom stereocenters. The zero-order valence-electron chi connectivity index (χ0n) is 12.3. The van der Waals surface area contributed by atoms with Crippen molar-refractivity contribution in [1.29, 1.82) is 0 Å². The molecule has 0 aliphatic carbocycles. The maximum Gasteiger partial charge on any atom is 0.267 e. The van der Waals surface area contributed by atoms with Gasteiger partial charge in [-0.1, -0.05) is 6.92 Å². The first-order valence-electron chi connectivity index (χ1n) is 6.67. The third-order valence-electron chi connectivity index (χ3n) is 2.78. The second-order valence-corrected chi connectivity index (χ2v) is 7.58. The lowest BCUT2D eigenvalue weighted by Gasteiger charge is -2.02. The van der Waals surface area contributed by atoms with Gasteiger partial charge in [0.05, 0.1) is 6.54 Å². The van der Waals surface area contributed by atoms with Gasteiger partial charge >= 0.3 is 0 Å². The molecule has 0 aromatic carbocycles. The van der Waals surface area contributed by atoms with Crippen molar-refractivity contribution in [1.82, 2.24) is 10.3 Å². The minimum absolute atomic E-state index is 0.156. The molecule has 2 heterocycles. The van der Waals surface area contributed by atoms with Gasteiger partial charge in [-0.25, -0.2) is 13.4 Å². The van der Waals surface area contributed by atoms with Crippen molar-refractivity contribution in [2.75, 3.05) is 11.3 Å². The highest BCUT2D eigenvalue weighted by Gasteiger charge is 2.22. The van der Waals surface area contributed by atoms with Gasteiger partial charge in [-0.2, -0.15) is 0 Å². The fourth-order valence-corrected chi connectivity index (χ4v) is 3.95. The van der Waals surface area contributed by atoms with Crippen LogP contribution < -0.4 is 10.0 Å². The Balaban J connectivity index is 2.16. The molecule has 0 aliphatic heterocycles. The van der Waals surface area contributed by atoms with Crippen LogP contribution in [0.4, 0.5) is 5.13 Å². The van der Waals surface area contributed by atoms with Gasteiger partial charge in [0.15, 0.2) is 5.13 Å². The quantitative estimate of drug-likeness (QED) is 0.763. The number of sulfonamides is 1. The van der Waals surface area contributed by atoms with E-state index in [-0.39, 0.29) is 4.90 Å². The van der Waals surface area contributed by atoms with Crippen LogP contribution in [-0.2, 0) is 16.6 Å². The number of anilines is 1. The first-order chi connectivity index (χ1) is 9.92. The van der Waals surface area contributed by atoms with Gasteiger partial charge < -0.3 is 9.73 Å². The van der Waals surface area contributed by atoms with Crippen molar-refractivity contribution < 1.29 is 12.8 Å². The molecule has 2 N–H and O–H groups in total. The molecule has 0 radical (unpaired) electrons. The van der Waals surface area contributed by atoms with Gasteiger partial charge in [0.25, 0.3) is 10.0 Å². The first-order valence-corrected chi connectivity index (χ1v) is 8.97. The minimum atomic E-state index is -3.66. The molecule has 2 aromatic rings. The van der Waals surface area contributed by atoms with Crippen molar-refractivity contribution >= 4 is 26.5 Å². The predicted molar refractivity (Wildman–Crippen MR) is 83.1 cm³/mol. The molecule has 8 heteroatoms. The van der Waals surface area contributed by atoms with Crippen LogP contribution in [0.15, 0.2) is 21.6 Å². The van der Waals surface area contributed by atoms with E-state index in [0.717, 1.165) is 17.8 Å². The molecule has 0 fully saturated rings. The van der Waals surface area contributed by atoms with E-state index in [4.69, 9.17) is 4.42 Å². The van der Waals surface area contributed by atoms with Gasteiger partial charge in [-0.3, -0.25) is 4.72 Å². The lowest BCUT2D eigenvalue weighted by Crippen LogP contribution is -2.14. The Morgan fingerprint density at radius 2 is 2.14 bits per heavy atom. The molecule has 0 saturated heterocycles. The summed E-state index contributed by atoms with van der Waals surface area (Å²) in [6, 6.07) is 1.56. The van der Waals surface area contributed by atoms with E-state index in [1.165, 1.54) is 11.3 Å². The summed E-state index contributed by atoms with van der Waals surface area (Å²) < 4.78 is 32.7. The highest BCUT2D eigenvalue weighted by Crippen LogP contribution is 2.25. The summed E-state index contributed by atoms with van der Waals surface area (Å²) >= 11 is 1.29.